The first kappa shape index (κ1) is 13.0. The molecule has 0 radical (unpaired) electrons. The molecule has 0 aromatic heterocycles. The lowest BCUT2D eigenvalue weighted by Crippen LogP contribution is -2.38. The smallest absolute Gasteiger partial charge is 0.325 e. The first-order valence-electron chi connectivity index (χ1n) is 5.73. The predicted molar refractivity (Wildman–Crippen MR) is 58.1 cm³/mol. The van der Waals surface area contributed by atoms with Crippen molar-refractivity contribution >= 4 is 11.9 Å². The molecule has 16 heavy (non-hydrogen) atoms. The lowest BCUT2D eigenvalue weighted by Gasteiger charge is -2.22. The first-order chi connectivity index (χ1) is 7.59. The Bertz CT molecular complexity index is 248. The largest absolute Gasteiger partial charge is 0.480 e. The van der Waals surface area contributed by atoms with Crippen molar-refractivity contribution in [2.45, 2.75) is 51.2 Å². The van der Waals surface area contributed by atoms with E-state index in [0.29, 0.717) is 12.8 Å². The number of rotatable bonds is 5. The fourth-order valence-corrected chi connectivity index (χ4v) is 1.70. The highest BCUT2D eigenvalue weighted by Crippen LogP contribution is 2.16. The average molecular weight is 229 g/mol. The maximum atomic E-state index is 11.4. The van der Waals surface area contributed by atoms with Crippen LogP contribution in [0.1, 0.15) is 39.0 Å². The third kappa shape index (κ3) is 4.61. The Kier molecular flexibility index (Phi) is 5.25. The highest BCUT2D eigenvalue weighted by atomic mass is 16.5. The Labute approximate surface area is 95.2 Å². The SMILES string of the molecule is C[C@@H](NC(=O)CCC1CCCCO1)C(=O)O. The topological polar surface area (TPSA) is 75.6 Å². The van der Waals surface area contributed by atoms with Gasteiger partial charge in [0.25, 0.3) is 0 Å². The molecule has 0 bridgehead atoms. The van der Waals surface area contributed by atoms with E-state index in [9.17, 15) is 9.59 Å². The monoisotopic (exact) mass is 229 g/mol. The van der Waals surface area contributed by atoms with Crippen LogP contribution in [0.3, 0.4) is 0 Å². The van der Waals surface area contributed by atoms with Gasteiger partial charge in [-0.2, -0.15) is 0 Å². The minimum atomic E-state index is -1.01. The van der Waals surface area contributed by atoms with E-state index in [-0.39, 0.29) is 12.0 Å². The van der Waals surface area contributed by atoms with Crippen molar-refractivity contribution in [2.75, 3.05) is 6.61 Å². The van der Waals surface area contributed by atoms with Crippen molar-refractivity contribution < 1.29 is 19.4 Å². The van der Waals surface area contributed by atoms with E-state index in [2.05, 4.69) is 5.32 Å². The number of carbonyl (C=O) groups excluding carboxylic acids is 1. The second-order valence-corrected chi connectivity index (χ2v) is 4.15. The molecule has 2 N–H and O–H groups in total. The van der Waals surface area contributed by atoms with E-state index in [1.54, 1.807) is 0 Å². The summed E-state index contributed by atoms with van der Waals surface area (Å²) in [5.74, 6) is -1.23. The molecule has 1 heterocycles. The summed E-state index contributed by atoms with van der Waals surface area (Å²) in [6.45, 7) is 2.23. The zero-order chi connectivity index (χ0) is 12.0. The molecule has 1 saturated heterocycles. The van der Waals surface area contributed by atoms with Gasteiger partial charge >= 0.3 is 5.97 Å². The van der Waals surface area contributed by atoms with Gasteiger partial charge < -0.3 is 15.2 Å². The number of hydrogen-bond donors (Lipinski definition) is 2. The van der Waals surface area contributed by atoms with Crippen LogP contribution in [-0.4, -0.2) is 35.7 Å². The summed E-state index contributed by atoms with van der Waals surface area (Å²) in [6, 6.07) is -0.820. The van der Waals surface area contributed by atoms with Crippen LogP contribution in [0.25, 0.3) is 0 Å². The van der Waals surface area contributed by atoms with Crippen LogP contribution >= 0.6 is 0 Å². The highest BCUT2D eigenvalue weighted by molar-refractivity contribution is 5.83. The van der Waals surface area contributed by atoms with Crippen LogP contribution < -0.4 is 5.32 Å². The molecule has 92 valence electrons. The fraction of sp³-hybridized carbons (Fsp3) is 0.818. The van der Waals surface area contributed by atoms with Gasteiger partial charge in [-0.25, -0.2) is 0 Å². The van der Waals surface area contributed by atoms with E-state index >= 15 is 0 Å². The highest BCUT2D eigenvalue weighted by Gasteiger charge is 2.17. The zero-order valence-corrected chi connectivity index (χ0v) is 9.57. The molecule has 1 aliphatic rings. The van der Waals surface area contributed by atoms with E-state index in [1.165, 1.54) is 6.92 Å². The Balaban J connectivity index is 2.16. The van der Waals surface area contributed by atoms with Gasteiger partial charge in [0.15, 0.2) is 0 Å². The maximum absolute atomic E-state index is 11.4. The van der Waals surface area contributed by atoms with Gasteiger partial charge in [-0.05, 0) is 32.6 Å². The van der Waals surface area contributed by atoms with Crippen molar-refractivity contribution in [3.05, 3.63) is 0 Å². The number of carboxylic acid groups (broad SMARTS) is 1. The number of carbonyl (C=O) groups is 2. The lowest BCUT2D eigenvalue weighted by molar-refractivity contribution is -0.141. The van der Waals surface area contributed by atoms with E-state index in [4.69, 9.17) is 9.84 Å². The molecule has 5 heteroatoms. The molecule has 0 aromatic rings. The van der Waals surface area contributed by atoms with Crippen LogP contribution in [0.15, 0.2) is 0 Å². The van der Waals surface area contributed by atoms with Gasteiger partial charge in [-0.1, -0.05) is 0 Å². The third-order valence-electron chi connectivity index (χ3n) is 2.72. The molecule has 0 saturated carbocycles. The van der Waals surface area contributed by atoms with Crippen LogP contribution in [0.5, 0.6) is 0 Å². The van der Waals surface area contributed by atoms with Crippen LogP contribution in [0.4, 0.5) is 0 Å². The van der Waals surface area contributed by atoms with Crippen molar-refractivity contribution in [1.82, 2.24) is 5.32 Å². The number of nitrogens with one attached hydrogen (secondary N) is 1. The number of aliphatic carboxylic acids is 1. The lowest BCUT2D eigenvalue weighted by atomic mass is 10.0. The van der Waals surface area contributed by atoms with E-state index in [1.807, 2.05) is 0 Å². The summed E-state index contributed by atoms with van der Waals surface area (Å²) in [6.07, 6.45) is 4.43. The molecule has 1 unspecified atom stereocenters. The summed E-state index contributed by atoms with van der Waals surface area (Å²) in [4.78, 5) is 21.9. The van der Waals surface area contributed by atoms with E-state index < -0.39 is 12.0 Å². The number of amides is 1. The Morgan fingerprint density at radius 2 is 2.25 bits per heavy atom. The molecule has 0 aromatic carbocycles. The van der Waals surface area contributed by atoms with Crippen molar-refractivity contribution in [1.29, 1.82) is 0 Å². The molecule has 5 nitrogen and oxygen atoms in total. The first-order valence-corrected chi connectivity index (χ1v) is 5.73. The third-order valence-corrected chi connectivity index (χ3v) is 2.72. The molecular weight excluding hydrogens is 210 g/mol. The zero-order valence-electron chi connectivity index (χ0n) is 9.57. The summed E-state index contributed by atoms with van der Waals surface area (Å²) >= 11 is 0. The summed E-state index contributed by atoms with van der Waals surface area (Å²) in [7, 11) is 0. The molecule has 1 fully saturated rings. The second kappa shape index (κ2) is 6.48. The maximum Gasteiger partial charge on any atom is 0.325 e. The van der Waals surface area contributed by atoms with Gasteiger partial charge in [-0.3, -0.25) is 9.59 Å². The average Bonchev–Trinajstić information content (AvgIpc) is 2.27. The van der Waals surface area contributed by atoms with Crippen LogP contribution in [0, 0.1) is 0 Å². The van der Waals surface area contributed by atoms with Gasteiger partial charge in [0.1, 0.15) is 6.04 Å². The molecule has 0 spiro atoms. The molecule has 0 aliphatic carbocycles. The Hall–Kier alpha value is -1.10. The quantitative estimate of drug-likeness (QED) is 0.735. The van der Waals surface area contributed by atoms with Crippen molar-refractivity contribution in [3.63, 3.8) is 0 Å². The minimum absolute atomic E-state index is 0.166. The molecule has 1 amide bonds. The summed E-state index contributed by atoms with van der Waals surface area (Å²) in [5.41, 5.74) is 0. The fourth-order valence-electron chi connectivity index (χ4n) is 1.70. The van der Waals surface area contributed by atoms with Gasteiger partial charge in [-0.15, -0.1) is 0 Å². The van der Waals surface area contributed by atoms with E-state index in [0.717, 1.165) is 25.9 Å². The predicted octanol–water partition coefficient (Wildman–Crippen LogP) is 0.925. The standard InChI is InChI=1S/C11H19NO4/c1-8(11(14)15)12-10(13)6-5-9-4-2-3-7-16-9/h8-9H,2-7H2,1H3,(H,12,13)(H,14,15)/t8-,9?/m1/s1. The molecule has 1 aliphatic heterocycles. The van der Waals surface area contributed by atoms with Crippen LogP contribution in [0.2, 0.25) is 0 Å². The number of carboxylic acids is 1. The number of ether oxygens (including phenoxy) is 1. The van der Waals surface area contributed by atoms with Gasteiger partial charge in [0, 0.05) is 13.0 Å². The van der Waals surface area contributed by atoms with Crippen molar-refractivity contribution in [2.24, 2.45) is 0 Å². The van der Waals surface area contributed by atoms with Crippen LogP contribution in [-0.2, 0) is 14.3 Å². The minimum Gasteiger partial charge on any atom is -0.480 e. The van der Waals surface area contributed by atoms with Gasteiger partial charge in [0.2, 0.25) is 5.91 Å². The van der Waals surface area contributed by atoms with Gasteiger partial charge in [0.05, 0.1) is 6.10 Å². The normalized spacial score (nSPS) is 22.4. The summed E-state index contributed by atoms with van der Waals surface area (Å²) in [5, 5.41) is 11.0. The Morgan fingerprint density at radius 3 is 2.81 bits per heavy atom. The van der Waals surface area contributed by atoms with Crippen molar-refractivity contribution in [3.8, 4) is 0 Å². The molecular formula is C11H19NO4. The Morgan fingerprint density at radius 1 is 1.50 bits per heavy atom. The molecule has 1 rings (SSSR count). The summed E-state index contributed by atoms with van der Waals surface area (Å²) < 4.78 is 5.48. The molecule has 2 atom stereocenters. The number of hydrogen-bond acceptors (Lipinski definition) is 3. The second-order valence-electron chi connectivity index (χ2n) is 4.15.